The van der Waals surface area contributed by atoms with Crippen LogP contribution in [0, 0.1) is 5.82 Å². The number of carboxylic acid groups (broad SMARTS) is 1. The lowest BCUT2D eigenvalue weighted by atomic mass is 10.1. The molecule has 9 heteroatoms. The van der Waals surface area contributed by atoms with E-state index in [0.29, 0.717) is 27.9 Å². The zero-order valence-electron chi connectivity index (χ0n) is 12.2. The molecule has 0 radical (unpaired) electrons. The van der Waals surface area contributed by atoms with E-state index in [-0.39, 0.29) is 16.1 Å². The number of hydrogen-bond donors (Lipinski definition) is 2. The van der Waals surface area contributed by atoms with Crippen molar-refractivity contribution in [3.05, 3.63) is 40.9 Å². The zero-order valence-corrected chi connectivity index (χ0v) is 13.0. The molecule has 7 nitrogen and oxygen atoms in total. The number of aryl methyl sites for hydroxylation is 1. The van der Waals surface area contributed by atoms with Gasteiger partial charge in [0, 0.05) is 18.6 Å². The Morgan fingerprint density at radius 1 is 1.42 bits per heavy atom. The van der Waals surface area contributed by atoms with Crippen LogP contribution in [0.1, 0.15) is 10.4 Å². The van der Waals surface area contributed by atoms with E-state index < -0.39 is 11.8 Å². The second-order valence-electron chi connectivity index (χ2n) is 5.22. The Balaban J connectivity index is 2.00. The lowest BCUT2D eigenvalue weighted by Crippen LogP contribution is -1.97. The number of rotatable bonds is 2. The van der Waals surface area contributed by atoms with Gasteiger partial charge in [0.25, 0.3) is 0 Å². The Bertz CT molecular complexity index is 1130. The smallest absolute Gasteiger partial charge is 0.339 e. The van der Waals surface area contributed by atoms with E-state index in [0.717, 1.165) is 0 Å². The van der Waals surface area contributed by atoms with Crippen LogP contribution in [0.4, 0.5) is 4.39 Å². The number of aromatic nitrogens is 5. The fourth-order valence-electron chi connectivity index (χ4n) is 2.61. The number of H-pyrrole nitrogens is 1. The van der Waals surface area contributed by atoms with Gasteiger partial charge in [-0.1, -0.05) is 11.6 Å². The van der Waals surface area contributed by atoms with E-state index in [2.05, 4.69) is 20.1 Å². The molecule has 0 saturated carbocycles. The number of carboxylic acids is 1. The molecule has 3 aromatic heterocycles. The Morgan fingerprint density at radius 3 is 2.96 bits per heavy atom. The van der Waals surface area contributed by atoms with Gasteiger partial charge in [0.15, 0.2) is 5.65 Å². The topological polar surface area (TPSA) is 96.7 Å². The summed E-state index contributed by atoms with van der Waals surface area (Å²) < 4.78 is 15.4. The van der Waals surface area contributed by atoms with Gasteiger partial charge < -0.3 is 10.1 Å². The van der Waals surface area contributed by atoms with Crippen molar-refractivity contribution in [3.63, 3.8) is 0 Å². The molecule has 3 heterocycles. The molecular formula is C15H9ClFN5O2. The molecule has 0 spiro atoms. The molecular weight excluding hydrogens is 337 g/mol. The van der Waals surface area contributed by atoms with E-state index in [1.54, 1.807) is 11.7 Å². The molecule has 4 aromatic rings. The van der Waals surface area contributed by atoms with Gasteiger partial charge in [-0.3, -0.25) is 4.68 Å². The van der Waals surface area contributed by atoms with Crippen LogP contribution in [0.5, 0.6) is 0 Å². The van der Waals surface area contributed by atoms with Gasteiger partial charge in [0.05, 0.1) is 16.7 Å². The van der Waals surface area contributed by atoms with Crippen molar-refractivity contribution in [1.82, 2.24) is 24.7 Å². The first-order chi connectivity index (χ1) is 11.5. The Hall–Kier alpha value is -3.00. The van der Waals surface area contributed by atoms with Gasteiger partial charge in [-0.05, 0) is 12.1 Å². The first kappa shape index (κ1) is 14.6. The van der Waals surface area contributed by atoms with Gasteiger partial charge in [0.2, 0.25) is 0 Å². The van der Waals surface area contributed by atoms with Gasteiger partial charge in [-0.25, -0.2) is 19.2 Å². The number of hydrogen-bond acceptors (Lipinski definition) is 4. The third-order valence-corrected chi connectivity index (χ3v) is 4.04. The van der Waals surface area contributed by atoms with E-state index in [4.69, 9.17) is 11.6 Å². The fraction of sp³-hybridized carbons (Fsp3) is 0.0667. The highest BCUT2D eigenvalue weighted by Gasteiger charge is 2.18. The first-order valence-electron chi connectivity index (χ1n) is 6.85. The largest absolute Gasteiger partial charge is 0.478 e. The van der Waals surface area contributed by atoms with Crippen LogP contribution in [0.25, 0.3) is 33.5 Å². The maximum absolute atomic E-state index is 13.8. The molecule has 120 valence electrons. The van der Waals surface area contributed by atoms with Gasteiger partial charge in [-0.15, -0.1) is 0 Å². The number of halogens is 2. The van der Waals surface area contributed by atoms with Crippen LogP contribution in [0.3, 0.4) is 0 Å². The summed E-state index contributed by atoms with van der Waals surface area (Å²) in [6.07, 6.45) is 2.78. The normalized spacial score (nSPS) is 11.5. The van der Waals surface area contributed by atoms with Crippen LogP contribution in [0.2, 0.25) is 5.02 Å². The van der Waals surface area contributed by atoms with Crippen LogP contribution in [-0.2, 0) is 7.05 Å². The van der Waals surface area contributed by atoms with Crippen LogP contribution in [-0.4, -0.2) is 35.8 Å². The molecule has 0 unspecified atom stereocenters. The molecule has 0 atom stereocenters. The molecule has 0 fully saturated rings. The fourth-order valence-corrected chi connectivity index (χ4v) is 2.77. The summed E-state index contributed by atoms with van der Waals surface area (Å²) in [4.78, 5) is 22.5. The number of carbonyl (C=O) groups is 1. The first-order valence-corrected chi connectivity index (χ1v) is 7.23. The van der Waals surface area contributed by atoms with E-state index in [1.807, 2.05) is 0 Å². The van der Waals surface area contributed by atoms with Crippen molar-refractivity contribution in [2.45, 2.75) is 0 Å². The molecule has 0 saturated heterocycles. The molecule has 0 aliphatic carbocycles. The number of aromatic amines is 1. The average molecular weight is 346 g/mol. The summed E-state index contributed by atoms with van der Waals surface area (Å²) >= 11 is 5.82. The van der Waals surface area contributed by atoms with E-state index in [1.165, 1.54) is 24.5 Å². The number of benzene rings is 1. The summed E-state index contributed by atoms with van der Waals surface area (Å²) in [5.41, 5.74) is 1.95. The molecule has 1 aromatic carbocycles. The van der Waals surface area contributed by atoms with Gasteiger partial charge in [-0.2, -0.15) is 5.10 Å². The molecule has 24 heavy (non-hydrogen) atoms. The van der Waals surface area contributed by atoms with Gasteiger partial charge >= 0.3 is 5.97 Å². The van der Waals surface area contributed by atoms with Crippen LogP contribution >= 0.6 is 11.6 Å². The monoisotopic (exact) mass is 345 g/mol. The summed E-state index contributed by atoms with van der Waals surface area (Å²) in [5, 5.41) is 14.1. The SMILES string of the molecule is Cn1nc(-c2cnc3[nH]cc(C(=O)O)c3n2)c2cc(F)c(Cl)cc21. The summed E-state index contributed by atoms with van der Waals surface area (Å²) in [7, 11) is 1.70. The van der Waals surface area contributed by atoms with Crippen molar-refractivity contribution >= 4 is 39.6 Å². The van der Waals surface area contributed by atoms with Crippen molar-refractivity contribution in [3.8, 4) is 11.4 Å². The minimum Gasteiger partial charge on any atom is -0.478 e. The van der Waals surface area contributed by atoms with Crippen molar-refractivity contribution in [2.75, 3.05) is 0 Å². The molecule has 0 aliphatic rings. The number of nitrogens with one attached hydrogen (secondary N) is 1. The second-order valence-corrected chi connectivity index (χ2v) is 5.62. The Kier molecular flexibility index (Phi) is 3.04. The minimum atomic E-state index is -1.11. The predicted molar refractivity (Wildman–Crippen MR) is 85.5 cm³/mol. The van der Waals surface area contributed by atoms with Crippen molar-refractivity contribution in [2.24, 2.45) is 7.05 Å². The summed E-state index contributed by atoms with van der Waals surface area (Å²) in [6, 6.07) is 2.76. The lowest BCUT2D eigenvalue weighted by Gasteiger charge is -1.99. The summed E-state index contributed by atoms with van der Waals surface area (Å²) in [6.45, 7) is 0. The molecule has 0 amide bonds. The average Bonchev–Trinajstić information content (AvgIpc) is 3.10. The van der Waals surface area contributed by atoms with Crippen LogP contribution < -0.4 is 0 Å². The van der Waals surface area contributed by atoms with Gasteiger partial charge in [0.1, 0.15) is 28.3 Å². The lowest BCUT2D eigenvalue weighted by molar-refractivity contribution is 0.0699. The minimum absolute atomic E-state index is 0.00242. The Morgan fingerprint density at radius 2 is 2.21 bits per heavy atom. The Labute approximate surface area is 138 Å². The number of fused-ring (bicyclic) bond motifs is 2. The third kappa shape index (κ3) is 2.04. The van der Waals surface area contributed by atoms with Crippen LogP contribution in [0.15, 0.2) is 24.5 Å². The van der Waals surface area contributed by atoms with Crippen molar-refractivity contribution < 1.29 is 14.3 Å². The highest BCUT2D eigenvalue weighted by molar-refractivity contribution is 6.31. The van der Waals surface area contributed by atoms with E-state index >= 15 is 0 Å². The maximum atomic E-state index is 13.8. The molecule has 4 rings (SSSR count). The molecule has 0 bridgehead atoms. The molecule has 2 N–H and O–H groups in total. The third-order valence-electron chi connectivity index (χ3n) is 3.75. The van der Waals surface area contributed by atoms with E-state index in [9.17, 15) is 14.3 Å². The second kappa shape index (κ2) is 5.00. The zero-order chi connectivity index (χ0) is 17.0. The molecule has 0 aliphatic heterocycles. The quantitative estimate of drug-likeness (QED) is 0.582. The highest BCUT2D eigenvalue weighted by Crippen LogP contribution is 2.30. The predicted octanol–water partition coefficient (Wildman–Crippen LogP) is 3.00. The maximum Gasteiger partial charge on any atom is 0.339 e. The standard InChI is InChI=1S/C15H9ClFN5O2/c1-22-11-3-8(16)9(17)2-6(11)12(21-22)10-5-19-14-13(20-10)7(4-18-14)15(23)24/h2-5H,1H3,(H,18,19)(H,23,24). The highest BCUT2D eigenvalue weighted by atomic mass is 35.5. The number of aromatic carboxylic acids is 1. The van der Waals surface area contributed by atoms with Crippen molar-refractivity contribution in [1.29, 1.82) is 0 Å². The number of nitrogens with zero attached hydrogens (tertiary/aromatic N) is 4. The summed E-state index contributed by atoms with van der Waals surface area (Å²) in [5.74, 6) is -1.68.